The number of rotatable bonds is 2. The van der Waals surface area contributed by atoms with Gasteiger partial charge in [-0.15, -0.1) is 0 Å². The predicted molar refractivity (Wildman–Crippen MR) is 128 cm³/mol. The minimum Gasteiger partial charge on any atom is -0.366 e. The first-order chi connectivity index (χ1) is 15.0. The summed E-state index contributed by atoms with van der Waals surface area (Å²) in [4.78, 5) is 41.1. The molecule has 0 atom stereocenters. The molecule has 1 N–H and O–H groups in total. The summed E-state index contributed by atoms with van der Waals surface area (Å²) in [7, 11) is 2.03. The molecule has 2 aromatic carbocycles. The maximum atomic E-state index is 13.1. The molecule has 4 amide bonds. The van der Waals surface area contributed by atoms with Gasteiger partial charge in [0.1, 0.15) is 5.57 Å². The number of benzene rings is 2. The number of carbonyl (C=O) groups is 3. The molecule has 32 heavy (non-hydrogen) atoms. The number of halogens is 2. The van der Waals surface area contributed by atoms with Crippen molar-refractivity contribution < 1.29 is 14.4 Å². The fourth-order valence-electron chi connectivity index (χ4n) is 3.97. The molecule has 0 bridgehead atoms. The molecule has 0 aromatic heterocycles. The lowest BCUT2D eigenvalue weighted by molar-refractivity contribution is -0.122. The van der Waals surface area contributed by atoms with E-state index in [1.165, 1.54) is 24.3 Å². The van der Waals surface area contributed by atoms with E-state index in [-0.39, 0.29) is 21.8 Å². The lowest BCUT2D eigenvalue weighted by Gasteiger charge is -2.40. The fraction of sp³-hybridized carbons (Fsp3) is 0.208. The molecule has 6 nitrogen and oxygen atoms in total. The Hall–Kier alpha value is -3.09. The average molecular weight is 470 g/mol. The van der Waals surface area contributed by atoms with Gasteiger partial charge >= 0.3 is 6.03 Å². The second-order valence-corrected chi connectivity index (χ2v) is 9.21. The van der Waals surface area contributed by atoms with Crippen LogP contribution in [0.4, 0.5) is 16.2 Å². The van der Waals surface area contributed by atoms with Gasteiger partial charge in [0.2, 0.25) is 0 Å². The minimum atomic E-state index is -0.866. The molecule has 0 aliphatic carbocycles. The zero-order valence-electron chi connectivity index (χ0n) is 18.0. The van der Waals surface area contributed by atoms with Crippen molar-refractivity contribution in [2.24, 2.45) is 0 Å². The second-order valence-electron chi connectivity index (χ2n) is 8.37. The van der Waals surface area contributed by atoms with E-state index in [0.717, 1.165) is 21.7 Å². The summed E-state index contributed by atoms with van der Waals surface area (Å²) in [6, 6.07) is 9.26. The zero-order valence-corrected chi connectivity index (χ0v) is 19.5. The van der Waals surface area contributed by atoms with Crippen LogP contribution < -0.4 is 15.1 Å². The summed E-state index contributed by atoms with van der Waals surface area (Å²) >= 11 is 12.1. The summed E-state index contributed by atoms with van der Waals surface area (Å²) in [5, 5.41) is 2.69. The van der Waals surface area contributed by atoms with Gasteiger partial charge in [-0.05, 0) is 68.3 Å². The van der Waals surface area contributed by atoms with Crippen molar-refractivity contribution in [2.45, 2.75) is 26.3 Å². The molecule has 8 heteroatoms. The summed E-state index contributed by atoms with van der Waals surface area (Å²) < 4.78 is 0. The van der Waals surface area contributed by atoms with E-state index in [2.05, 4.69) is 30.1 Å². The van der Waals surface area contributed by atoms with Crippen LogP contribution in [0.25, 0.3) is 11.6 Å². The normalized spacial score (nSPS) is 19.1. The highest BCUT2D eigenvalue weighted by molar-refractivity contribution is 6.42. The van der Waals surface area contributed by atoms with Crippen LogP contribution in [0.15, 0.2) is 48.0 Å². The number of hydrogen-bond acceptors (Lipinski definition) is 4. The van der Waals surface area contributed by atoms with Gasteiger partial charge in [-0.25, -0.2) is 9.69 Å². The van der Waals surface area contributed by atoms with E-state index < -0.39 is 17.8 Å². The molecule has 2 aliphatic heterocycles. The molecular formula is C24H21Cl2N3O3. The first-order valence-electron chi connectivity index (χ1n) is 9.94. The van der Waals surface area contributed by atoms with Crippen molar-refractivity contribution in [3.8, 4) is 0 Å². The Kier molecular flexibility index (Phi) is 5.39. The second kappa shape index (κ2) is 7.80. The maximum absolute atomic E-state index is 13.1. The Morgan fingerprint density at radius 3 is 2.38 bits per heavy atom. The van der Waals surface area contributed by atoms with Gasteiger partial charge in [-0.3, -0.25) is 14.9 Å². The Bertz CT molecular complexity index is 1250. The van der Waals surface area contributed by atoms with Gasteiger partial charge in [0.15, 0.2) is 0 Å². The third-order valence-electron chi connectivity index (χ3n) is 5.80. The summed E-state index contributed by atoms with van der Waals surface area (Å²) in [6.45, 7) is 6.30. The minimum absolute atomic E-state index is 0.120. The number of carbonyl (C=O) groups excluding carboxylic acids is 3. The lowest BCUT2D eigenvalue weighted by Crippen LogP contribution is -2.54. The van der Waals surface area contributed by atoms with E-state index >= 15 is 0 Å². The molecule has 0 radical (unpaired) electrons. The molecule has 0 saturated carbocycles. The van der Waals surface area contributed by atoms with Gasteiger partial charge in [-0.1, -0.05) is 35.3 Å². The third kappa shape index (κ3) is 3.70. The van der Waals surface area contributed by atoms with Crippen molar-refractivity contribution in [3.63, 3.8) is 0 Å². The highest BCUT2D eigenvalue weighted by atomic mass is 35.5. The summed E-state index contributed by atoms with van der Waals surface area (Å²) in [6.07, 6.45) is 3.65. The van der Waals surface area contributed by atoms with Crippen molar-refractivity contribution in [2.75, 3.05) is 16.8 Å². The number of barbiturate groups is 1. The van der Waals surface area contributed by atoms with E-state index in [4.69, 9.17) is 23.2 Å². The van der Waals surface area contributed by atoms with Crippen LogP contribution in [0.5, 0.6) is 0 Å². The fourth-order valence-corrected chi connectivity index (χ4v) is 4.47. The number of hydrogen-bond donors (Lipinski definition) is 1. The Morgan fingerprint density at radius 1 is 1.00 bits per heavy atom. The number of likely N-dealkylation sites (N-methyl/N-ethyl adjacent to an activating group) is 1. The van der Waals surface area contributed by atoms with Gasteiger partial charge in [0, 0.05) is 23.3 Å². The number of imide groups is 2. The average Bonchev–Trinajstić information content (AvgIpc) is 2.70. The number of anilines is 2. The van der Waals surface area contributed by atoms with E-state index in [1.807, 2.05) is 32.2 Å². The van der Waals surface area contributed by atoms with Crippen LogP contribution in [0, 0.1) is 0 Å². The molecule has 2 aromatic rings. The largest absolute Gasteiger partial charge is 0.366 e. The highest BCUT2D eigenvalue weighted by Crippen LogP contribution is 2.38. The molecule has 164 valence electrons. The van der Waals surface area contributed by atoms with Crippen molar-refractivity contribution in [1.29, 1.82) is 0 Å². The highest BCUT2D eigenvalue weighted by Gasteiger charge is 2.38. The molecule has 4 rings (SSSR count). The van der Waals surface area contributed by atoms with Gasteiger partial charge in [-0.2, -0.15) is 0 Å². The van der Waals surface area contributed by atoms with Crippen LogP contribution in [-0.2, 0) is 9.59 Å². The van der Waals surface area contributed by atoms with E-state index in [1.54, 1.807) is 0 Å². The third-order valence-corrected chi connectivity index (χ3v) is 6.34. The number of amides is 4. The lowest BCUT2D eigenvalue weighted by atomic mass is 9.88. The number of allylic oxidation sites excluding steroid dienone is 1. The maximum Gasteiger partial charge on any atom is 0.335 e. The Morgan fingerprint density at radius 2 is 1.69 bits per heavy atom. The number of nitrogens with one attached hydrogen (secondary N) is 1. The summed E-state index contributed by atoms with van der Waals surface area (Å²) in [5.41, 5.74) is 3.69. The molecule has 2 aliphatic rings. The smallest absolute Gasteiger partial charge is 0.335 e. The molecule has 0 unspecified atom stereocenters. The van der Waals surface area contributed by atoms with Gasteiger partial charge in [0.05, 0.1) is 16.2 Å². The predicted octanol–water partition coefficient (Wildman–Crippen LogP) is 5.29. The standard InChI is InChI=1S/C24H21Cl2N3O3/c1-13-12-24(2,3)28(4)19-7-5-14(9-16(13)19)10-17-21(30)27-23(32)29(22(17)31)20-8-6-15(25)11-18(20)26/h5-12H,1-4H3,(H,27,30,32)/b17-10-. The molecule has 0 spiro atoms. The van der Waals surface area contributed by atoms with Crippen molar-refractivity contribution in [3.05, 3.63) is 69.2 Å². The van der Waals surface area contributed by atoms with Crippen molar-refractivity contribution >= 4 is 64.1 Å². The molecule has 2 heterocycles. The summed E-state index contributed by atoms with van der Waals surface area (Å²) in [5.74, 6) is -1.52. The van der Waals surface area contributed by atoms with Crippen LogP contribution in [0.3, 0.4) is 0 Å². The zero-order chi connectivity index (χ0) is 23.4. The van der Waals surface area contributed by atoms with Gasteiger partial charge < -0.3 is 4.90 Å². The van der Waals surface area contributed by atoms with Crippen molar-refractivity contribution in [1.82, 2.24) is 5.32 Å². The molecule has 1 saturated heterocycles. The van der Waals surface area contributed by atoms with Crippen LogP contribution in [-0.4, -0.2) is 30.4 Å². The van der Waals surface area contributed by atoms with E-state index in [0.29, 0.717) is 10.6 Å². The topological polar surface area (TPSA) is 69.7 Å². The number of fused-ring (bicyclic) bond motifs is 1. The molecular weight excluding hydrogens is 449 g/mol. The molecule has 1 fully saturated rings. The monoisotopic (exact) mass is 469 g/mol. The van der Waals surface area contributed by atoms with Gasteiger partial charge in [0.25, 0.3) is 11.8 Å². The van der Waals surface area contributed by atoms with Crippen LogP contribution in [0.1, 0.15) is 31.9 Å². The Labute approximate surface area is 196 Å². The number of urea groups is 1. The number of nitrogens with zero attached hydrogens (tertiary/aromatic N) is 2. The van der Waals surface area contributed by atoms with Crippen LogP contribution >= 0.6 is 23.2 Å². The van der Waals surface area contributed by atoms with Crippen LogP contribution in [0.2, 0.25) is 10.0 Å². The Balaban J connectivity index is 1.75. The quantitative estimate of drug-likeness (QED) is 0.478. The SMILES string of the molecule is CC1=CC(C)(C)N(C)c2ccc(/C=C3/C(=O)NC(=O)N(c4ccc(Cl)cc4Cl)C3=O)cc21. The van der Waals surface area contributed by atoms with E-state index in [9.17, 15) is 14.4 Å². The first kappa shape index (κ1) is 22.1. The first-order valence-corrected chi connectivity index (χ1v) is 10.7.